The van der Waals surface area contributed by atoms with E-state index < -0.39 is 28.1 Å². The highest BCUT2D eigenvalue weighted by molar-refractivity contribution is 7.81. The summed E-state index contributed by atoms with van der Waals surface area (Å²) in [5.41, 5.74) is 2.06. The molecule has 102 valence electrons. The minimum atomic E-state index is -4.48. The van der Waals surface area contributed by atoms with E-state index in [1.807, 2.05) is 19.9 Å². The van der Waals surface area contributed by atoms with Crippen molar-refractivity contribution in [2.24, 2.45) is 0 Å². The zero-order valence-electron chi connectivity index (χ0n) is 9.95. The Morgan fingerprint density at radius 1 is 1.22 bits per heavy atom. The maximum absolute atomic E-state index is 11.7. The molecular formula is C10H14O6S2. The molecule has 1 aromatic rings. The van der Waals surface area contributed by atoms with Crippen LogP contribution >= 0.6 is 0 Å². The first-order valence-electron chi connectivity index (χ1n) is 5.04. The van der Waals surface area contributed by atoms with Crippen LogP contribution in [0.3, 0.4) is 0 Å². The van der Waals surface area contributed by atoms with Gasteiger partial charge in [0.25, 0.3) is 0 Å². The molecule has 1 N–H and O–H groups in total. The normalized spacial score (nSPS) is 13.5. The second kappa shape index (κ2) is 6.39. The molecule has 0 amide bonds. The van der Waals surface area contributed by atoms with Gasteiger partial charge < -0.3 is 0 Å². The summed E-state index contributed by atoms with van der Waals surface area (Å²) >= 11 is -1.69. The lowest BCUT2D eigenvalue weighted by Crippen LogP contribution is -2.11. The van der Waals surface area contributed by atoms with E-state index in [4.69, 9.17) is 8.74 Å². The van der Waals surface area contributed by atoms with Gasteiger partial charge in [0.15, 0.2) is 11.1 Å². The fraction of sp³-hybridized carbons (Fsp3) is 0.400. The Bertz CT molecular complexity index is 537. The molecule has 0 aliphatic rings. The molecule has 6 nitrogen and oxygen atoms in total. The lowest BCUT2D eigenvalue weighted by Gasteiger charge is -2.05. The van der Waals surface area contributed by atoms with Crippen molar-refractivity contribution in [2.75, 3.05) is 13.2 Å². The van der Waals surface area contributed by atoms with Crippen molar-refractivity contribution in [1.29, 1.82) is 0 Å². The van der Waals surface area contributed by atoms with Crippen molar-refractivity contribution in [3.63, 3.8) is 0 Å². The third-order valence-corrected chi connectivity index (χ3v) is 3.66. The Hall–Kier alpha value is -0.800. The first kappa shape index (κ1) is 15.3. The second-order valence-corrected chi connectivity index (χ2v) is 5.82. The first-order valence-corrected chi connectivity index (χ1v) is 7.48. The average molecular weight is 294 g/mol. The second-order valence-electron chi connectivity index (χ2n) is 3.55. The maximum atomic E-state index is 11.7. The monoisotopic (exact) mass is 294 g/mol. The van der Waals surface area contributed by atoms with E-state index in [0.717, 1.165) is 11.1 Å². The predicted octanol–water partition coefficient (Wildman–Crippen LogP) is 1.16. The van der Waals surface area contributed by atoms with Crippen LogP contribution in [0.1, 0.15) is 11.1 Å². The predicted molar refractivity (Wildman–Crippen MR) is 65.8 cm³/mol. The lowest BCUT2D eigenvalue weighted by atomic mass is 10.1. The molecule has 0 heterocycles. The van der Waals surface area contributed by atoms with Crippen molar-refractivity contribution in [3.05, 3.63) is 29.3 Å². The van der Waals surface area contributed by atoms with Crippen LogP contribution in [0.15, 0.2) is 23.1 Å². The van der Waals surface area contributed by atoms with Crippen LogP contribution in [-0.4, -0.2) is 30.4 Å². The molecule has 0 saturated heterocycles. The van der Waals surface area contributed by atoms with Crippen molar-refractivity contribution in [1.82, 2.24) is 0 Å². The molecule has 0 fully saturated rings. The van der Waals surface area contributed by atoms with Gasteiger partial charge in [-0.2, -0.15) is 8.42 Å². The average Bonchev–Trinajstić information content (AvgIpc) is 2.26. The summed E-state index contributed by atoms with van der Waals surface area (Å²) < 4.78 is 49.3. The van der Waals surface area contributed by atoms with E-state index in [0.29, 0.717) is 4.90 Å². The molecule has 8 heteroatoms. The third-order valence-electron chi connectivity index (χ3n) is 2.18. The summed E-state index contributed by atoms with van der Waals surface area (Å²) in [6.45, 7) is 3.22. The zero-order valence-corrected chi connectivity index (χ0v) is 11.6. The molecule has 0 saturated carbocycles. The molecule has 1 rings (SSSR count). The minimum absolute atomic E-state index is 0.209. The molecule has 1 unspecified atom stereocenters. The smallest absolute Gasteiger partial charge is 0.284 e. The Kier molecular flexibility index (Phi) is 5.42. The molecule has 0 aliphatic heterocycles. The molecule has 0 aromatic heterocycles. The van der Waals surface area contributed by atoms with Crippen LogP contribution in [0, 0.1) is 13.8 Å². The minimum Gasteiger partial charge on any atom is -0.284 e. The van der Waals surface area contributed by atoms with Gasteiger partial charge in [0, 0.05) is 0 Å². The summed E-state index contributed by atoms with van der Waals surface area (Å²) in [7, 11) is -4.48. The van der Waals surface area contributed by atoms with Crippen LogP contribution in [0.2, 0.25) is 0 Å². The topological polar surface area (TPSA) is 89.9 Å². The number of hydrogen-bond acceptors (Lipinski definition) is 5. The van der Waals surface area contributed by atoms with E-state index in [1.54, 1.807) is 12.1 Å². The van der Waals surface area contributed by atoms with Crippen LogP contribution in [0.25, 0.3) is 0 Å². The van der Waals surface area contributed by atoms with E-state index in [1.165, 1.54) is 0 Å². The summed E-state index contributed by atoms with van der Waals surface area (Å²) in [5.74, 6) is 0. The summed E-state index contributed by atoms with van der Waals surface area (Å²) in [5, 5.41) is 0. The van der Waals surface area contributed by atoms with Crippen molar-refractivity contribution >= 4 is 21.5 Å². The van der Waals surface area contributed by atoms with Gasteiger partial charge in [0.05, 0.1) is 18.1 Å². The Morgan fingerprint density at radius 2 is 1.89 bits per heavy atom. The van der Waals surface area contributed by atoms with Crippen molar-refractivity contribution < 1.29 is 25.5 Å². The van der Waals surface area contributed by atoms with Gasteiger partial charge >= 0.3 is 10.4 Å². The molecular weight excluding hydrogens is 280 g/mol. The SMILES string of the molecule is Cc1ccc(S(=O)OCCOS(=O)(=O)O)cc1C. The molecule has 1 atom stereocenters. The van der Waals surface area contributed by atoms with Crippen LogP contribution in [0.4, 0.5) is 0 Å². The number of benzene rings is 1. The highest BCUT2D eigenvalue weighted by atomic mass is 32.3. The van der Waals surface area contributed by atoms with E-state index in [2.05, 4.69) is 4.18 Å². The van der Waals surface area contributed by atoms with Gasteiger partial charge in [-0.05, 0) is 37.1 Å². The fourth-order valence-electron chi connectivity index (χ4n) is 1.13. The summed E-state index contributed by atoms with van der Waals surface area (Å²) in [6, 6.07) is 5.22. The van der Waals surface area contributed by atoms with Gasteiger partial charge in [0.2, 0.25) is 0 Å². The van der Waals surface area contributed by atoms with E-state index >= 15 is 0 Å². The zero-order chi connectivity index (χ0) is 13.8. The van der Waals surface area contributed by atoms with Crippen LogP contribution < -0.4 is 0 Å². The van der Waals surface area contributed by atoms with Crippen LogP contribution in [0.5, 0.6) is 0 Å². The maximum Gasteiger partial charge on any atom is 0.397 e. The Labute approximate surface area is 109 Å². The van der Waals surface area contributed by atoms with Crippen molar-refractivity contribution in [3.8, 4) is 0 Å². The summed E-state index contributed by atoms with van der Waals surface area (Å²) in [4.78, 5) is 0.491. The lowest BCUT2D eigenvalue weighted by molar-refractivity contribution is 0.212. The van der Waals surface area contributed by atoms with E-state index in [-0.39, 0.29) is 6.61 Å². The third kappa shape index (κ3) is 5.23. The molecule has 0 aliphatic carbocycles. The van der Waals surface area contributed by atoms with Crippen molar-refractivity contribution in [2.45, 2.75) is 18.7 Å². The molecule has 0 spiro atoms. The largest absolute Gasteiger partial charge is 0.397 e. The Morgan fingerprint density at radius 3 is 2.44 bits per heavy atom. The molecule has 1 aromatic carbocycles. The number of hydrogen-bond donors (Lipinski definition) is 1. The van der Waals surface area contributed by atoms with Gasteiger partial charge in [-0.3, -0.25) is 8.74 Å². The highest BCUT2D eigenvalue weighted by Crippen LogP contribution is 2.13. The Balaban J connectivity index is 2.48. The van der Waals surface area contributed by atoms with Gasteiger partial charge in [0.1, 0.15) is 0 Å². The summed E-state index contributed by atoms with van der Waals surface area (Å²) in [6.07, 6.45) is 0. The first-order chi connectivity index (χ1) is 8.29. The molecule has 0 bridgehead atoms. The molecule has 18 heavy (non-hydrogen) atoms. The standard InChI is InChI=1S/C10H14O6S2/c1-8-3-4-10(7-9(8)2)17(11)15-5-6-16-18(12,13)14/h3-4,7H,5-6H2,1-2H3,(H,12,13,14). The van der Waals surface area contributed by atoms with E-state index in [9.17, 15) is 12.6 Å². The molecule has 0 radical (unpaired) electrons. The fourth-order valence-corrected chi connectivity index (χ4v) is 2.22. The number of aryl methyl sites for hydroxylation is 2. The highest BCUT2D eigenvalue weighted by Gasteiger charge is 2.08. The quantitative estimate of drug-likeness (QED) is 0.625. The van der Waals surface area contributed by atoms with Gasteiger partial charge in [-0.15, -0.1) is 0 Å². The van der Waals surface area contributed by atoms with Gasteiger partial charge in [-0.1, -0.05) is 6.07 Å². The van der Waals surface area contributed by atoms with Crippen LogP contribution in [-0.2, 0) is 29.8 Å². The number of rotatable bonds is 6. The van der Waals surface area contributed by atoms with Gasteiger partial charge in [-0.25, -0.2) is 8.39 Å².